The summed E-state index contributed by atoms with van der Waals surface area (Å²) >= 11 is 1.61. The summed E-state index contributed by atoms with van der Waals surface area (Å²) < 4.78 is 5.24. The Hall–Kier alpha value is -3.26. The average molecular weight is 452 g/mol. The molecule has 32 heavy (non-hydrogen) atoms. The number of nitrogens with zero attached hydrogens (tertiary/aromatic N) is 1. The number of esters is 1. The van der Waals surface area contributed by atoms with Crippen LogP contribution in [0.1, 0.15) is 36.9 Å². The number of anilines is 1. The van der Waals surface area contributed by atoms with E-state index in [1.165, 1.54) is 4.90 Å². The molecule has 0 fully saturated rings. The maximum absolute atomic E-state index is 12.9. The second-order valence-electron chi connectivity index (χ2n) is 7.97. The minimum Gasteiger partial charge on any atom is -0.456 e. The molecule has 8 heteroatoms. The van der Waals surface area contributed by atoms with Gasteiger partial charge in [-0.2, -0.15) is 0 Å². The van der Waals surface area contributed by atoms with Crippen molar-refractivity contribution in [3.63, 3.8) is 0 Å². The number of benzene rings is 2. The zero-order valence-corrected chi connectivity index (χ0v) is 19.0. The lowest BCUT2D eigenvalue weighted by Gasteiger charge is -2.32. The van der Waals surface area contributed by atoms with E-state index in [-0.39, 0.29) is 25.0 Å². The fraction of sp³-hybridized carbons (Fsp3) is 0.292. The molecule has 2 heterocycles. The van der Waals surface area contributed by atoms with E-state index in [9.17, 15) is 14.4 Å². The minimum atomic E-state index is -0.607. The van der Waals surface area contributed by atoms with Gasteiger partial charge >= 0.3 is 12.0 Å². The van der Waals surface area contributed by atoms with Crippen LogP contribution < -0.4 is 10.6 Å². The predicted molar refractivity (Wildman–Crippen MR) is 123 cm³/mol. The van der Waals surface area contributed by atoms with Crippen LogP contribution in [0, 0.1) is 0 Å². The van der Waals surface area contributed by atoms with E-state index >= 15 is 0 Å². The number of carbonyl (C=O) groups excluding carboxylic acids is 3. The van der Waals surface area contributed by atoms with Gasteiger partial charge in [-0.15, -0.1) is 11.8 Å². The number of nitrogens with one attached hydrogen (secondary N) is 2. The molecular formula is C24H25N3O4S. The van der Waals surface area contributed by atoms with E-state index in [1.807, 2.05) is 68.6 Å². The van der Waals surface area contributed by atoms with E-state index in [0.29, 0.717) is 17.0 Å². The summed E-state index contributed by atoms with van der Waals surface area (Å²) in [7, 11) is 0. The van der Waals surface area contributed by atoms with Crippen LogP contribution in [0.25, 0.3) is 0 Å². The highest BCUT2D eigenvalue weighted by atomic mass is 32.2. The maximum atomic E-state index is 12.9. The highest BCUT2D eigenvalue weighted by molar-refractivity contribution is 7.98. The predicted octanol–water partition coefficient (Wildman–Crippen LogP) is 4.05. The maximum Gasteiger partial charge on any atom is 0.338 e. The normalized spacial score (nSPS) is 17.9. The Labute approximate surface area is 191 Å². The summed E-state index contributed by atoms with van der Waals surface area (Å²) in [5, 5.41) is 5.76. The molecule has 0 radical (unpaired) electrons. The lowest BCUT2D eigenvalue weighted by atomic mass is 9.96. The summed E-state index contributed by atoms with van der Waals surface area (Å²) in [6, 6.07) is 14.2. The third-order valence-corrected chi connectivity index (χ3v) is 6.35. The minimum absolute atomic E-state index is 0.0309. The van der Waals surface area contributed by atoms with Crippen LogP contribution in [-0.4, -0.2) is 42.2 Å². The summed E-state index contributed by atoms with van der Waals surface area (Å²) in [6.07, 6.45) is 1.98. The monoisotopic (exact) mass is 451 g/mol. The zero-order valence-electron chi connectivity index (χ0n) is 18.2. The van der Waals surface area contributed by atoms with Gasteiger partial charge in [0.1, 0.15) is 13.2 Å². The molecule has 1 unspecified atom stereocenters. The van der Waals surface area contributed by atoms with Crippen molar-refractivity contribution in [3.05, 3.63) is 70.9 Å². The molecule has 0 aliphatic carbocycles. The molecule has 0 bridgehead atoms. The Bertz CT molecular complexity index is 1090. The van der Waals surface area contributed by atoms with Gasteiger partial charge in [-0.05, 0) is 41.5 Å². The Morgan fingerprint density at radius 2 is 1.91 bits per heavy atom. The van der Waals surface area contributed by atoms with Crippen molar-refractivity contribution in [2.75, 3.05) is 24.7 Å². The lowest BCUT2D eigenvalue weighted by Crippen LogP contribution is -2.49. The Balaban J connectivity index is 1.58. The van der Waals surface area contributed by atoms with E-state index in [1.54, 1.807) is 11.8 Å². The van der Waals surface area contributed by atoms with E-state index < -0.39 is 18.0 Å². The largest absolute Gasteiger partial charge is 0.456 e. The van der Waals surface area contributed by atoms with Crippen LogP contribution >= 0.6 is 11.8 Å². The van der Waals surface area contributed by atoms with Crippen molar-refractivity contribution in [1.29, 1.82) is 0 Å². The number of hydrogen-bond acceptors (Lipinski definition) is 5. The fourth-order valence-electron chi connectivity index (χ4n) is 3.97. The fourth-order valence-corrected chi connectivity index (χ4v) is 4.38. The summed E-state index contributed by atoms with van der Waals surface area (Å²) in [5.41, 5.74) is 3.32. The standard InChI is InChI=1S/C24H25N3O4S/c1-14(2)17-6-4-5-7-18(17)25-20(28)12-27-19-13-31-23(29)21(19)22(26-24(27)30)15-8-10-16(32-3)11-9-15/h4-11,14,22H,12-13H2,1-3H3,(H,25,28)(H,26,30). The summed E-state index contributed by atoms with van der Waals surface area (Å²) in [4.78, 5) is 40.6. The van der Waals surface area contributed by atoms with Gasteiger partial charge in [0, 0.05) is 10.6 Å². The van der Waals surface area contributed by atoms with Gasteiger partial charge < -0.3 is 15.4 Å². The van der Waals surface area contributed by atoms with Crippen molar-refractivity contribution in [2.24, 2.45) is 0 Å². The lowest BCUT2D eigenvalue weighted by molar-refractivity contribution is -0.136. The molecule has 4 rings (SSSR count). The number of ether oxygens (including phenoxy) is 1. The first-order valence-electron chi connectivity index (χ1n) is 10.4. The first kappa shape index (κ1) is 22.0. The van der Waals surface area contributed by atoms with Crippen LogP contribution in [-0.2, 0) is 14.3 Å². The molecule has 2 aliphatic heterocycles. The Morgan fingerprint density at radius 3 is 2.59 bits per heavy atom. The van der Waals surface area contributed by atoms with Crippen LogP contribution in [0.4, 0.5) is 10.5 Å². The molecule has 2 N–H and O–H groups in total. The van der Waals surface area contributed by atoms with Gasteiger partial charge in [-0.3, -0.25) is 9.69 Å². The molecule has 2 aliphatic rings. The average Bonchev–Trinajstić information content (AvgIpc) is 3.17. The third kappa shape index (κ3) is 4.23. The number of hydrogen-bond donors (Lipinski definition) is 2. The van der Waals surface area contributed by atoms with Crippen molar-refractivity contribution >= 4 is 35.4 Å². The molecule has 0 spiro atoms. The van der Waals surface area contributed by atoms with Gasteiger partial charge in [0.25, 0.3) is 0 Å². The van der Waals surface area contributed by atoms with Gasteiger partial charge in [-0.1, -0.05) is 44.2 Å². The molecule has 166 valence electrons. The van der Waals surface area contributed by atoms with Crippen molar-refractivity contribution in [3.8, 4) is 0 Å². The third-order valence-electron chi connectivity index (χ3n) is 5.61. The smallest absolute Gasteiger partial charge is 0.338 e. The second-order valence-corrected chi connectivity index (χ2v) is 8.85. The van der Waals surface area contributed by atoms with Crippen molar-refractivity contribution in [2.45, 2.75) is 30.7 Å². The van der Waals surface area contributed by atoms with E-state index in [2.05, 4.69) is 10.6 Å². The molecular weight excluding hydrogens is 426 g/mol. The first-order valence-corrected chi connectivity index (χ1v) is 11.6. The quantitative estimate of drug-likeness (QED) is 0.511. The summed E-state index contributed by atoms with van der Waals surface area (Å²) in [5.74, 6) is -0.588. The first-order chi connectivity index (χ1) is 15.4. The molecule has 2 aromatic carbocycles. The highest BCUT2D eigenvalue weighted by Crippen LogP contribution is 2.35. The molecule has 0 saturated carbocycles. The van der Waals surface area contributed by atoms with Gasteiger partial charge in [0.15, 0.2) is 0 Å². The highest BCUT2D eigenvalue weighted by Gasteiger charge is 2.42. The number of rotatable bonds is 6. The van der Waals surface area contributed by atoms with Crippen molar-refractivity contribution < 1.29 is 19.1 Å². The molecule has 7 nitrogen and oxygen atoms in total. The summed E-state index contributed by atoms with van der Waals surface area (Å²) in [6.45, 7) is 3.85. The van der Waals surface area contributed by atoms with Gasteiger partial charge in [-0.25, -0.2) is 9.59 Å². The zero-order chi connectivity index (χ0) is 22.8. The molecule has 2 aromatic rings. The number of amides is 3. The Kier molecular flexibility index (Phi) is 6.23. The van der Waals surface area contributed by atoms with Crippen molar-refractivity contribution in [1.82, 2.24) is 10.2 Å². The molecule has 0 saturated heterocycles. The van der Waals surface area contributed by atoms with E-state index in [4.69, 9.17) is 4.74 Å². The number of carbonyl (C=O) groups is 3. The Morgan fingerprint density at radius 1 is 1.19 bits per heavy atom. The molecule has 3 amide bonds. The number of urea groups is 1. The second kappa shape index (κ2) is 9.08. The van der Waals surface area contributed by atoms with Crippen LogP contribution in [0.15, 0.2) is 64.7 Å². The van der Waals surface area contributed by atoms with Crippen LogP contribution in [0.3, 0.4) is 0 Å². The van der Waals surface area contributed by atoms with Gasteiger partial charge in [0.2, 0.25) is 5.91 Å². The van der Waals surface area contributed by atoms with Gasteiger partial charge in [0.05, 0.1) is 17.3 Å². The van der Waals surface area contributed by atoms with Crippen LogP contribution in [0.2, 0.25) is 0 Å². The SMILES string of the molecule is CSc1ccc(C2NC(=O)N(CC(=O)Nc3ccccc3C(C)C)C3=C2C(=O)OC3)cc1. The number of para-hydroxylation sites is 1. The van der Waals surface area contributed by atoms with E-state index in [0.717, 1.165) is 16.0 Å². The molecule has 0 aromatic heterocycles. The number of cyclic esters (lactones) is 1. The topological polar surface area (TPSA) is 87.7 Å². The number of thioether (sulfide) groups is 1. The van der Waals surface area contributed by atoms with Crippen LogP contribution in [0.5, 0.6) is 0 Å². The molecule has 1 atom stereocenters.